The standard InChI is InChI=1S/C19H19NO/c1-4-10-20-18-12-14(3)6-8-16(18)17-9-7-15(13-19(17)20)21-11-5-2/h4-9,12-13H,1-2,10-11H2,3H3. The van der Waals surface area contributed by atoms with E-state index >= 15 is 0 Å². The van der Waals surface area contributed by atoms with Crippen molar-refractivity contribution in [2.45, 2.75) is 13.5 Å². The summed E-state index contributed by atoms with van der Waals surface area (Å²) in [6.45, 7) is 11.0. The Labute approximate surface area is 125 Å². The smallest absolute Gasteiger partial charge is 0.121 e. The van der Waals surface area contributed by atoms with Gasteiger partial charge in [-0.1, -0.05) is 30.9 Å². The number of rotatable bonds is 5. The van der Waals surface area contributed by atoms with E-state index in [1.54, 1.807) is 6.08 Å². The van der Waals surface area contributed by atoms with E-state index in [1.807, 2.05) is 12.1 Å². The molecule has 0 bridgehead atoms. The quantitative estimate of drug-likeness (QED) is 0.608. The molecule has 0 radical (unpaired) electrons. The molecule has 21 heavy (non-hydrogen) atoms. The van der Waals surface area contributed by atoms with Gasteiger partial charge in [0.05, 0.1) is 5.52 Å². The Morgan fingerprint density at radius 2 is 1.71 bits per heavy atom. The third kappa shape index (κ3) is 2.33. The normalized spacial score (nSPS) is 10.9. The highest BCUT2D eigenvalue weighted by atomic mass is 16.5. The first-order valence-corrected chi connectivity index (χ1v) is 7.12. The summed E-state index contributed by atoms with van der Waals surface area (Å²) in [7, 11) is 0. The van der Waals surface area contributed by atoms with Crippen molar-refractivity contribution >= 4 is 21.8 Å². The summed E-state index contributed by atoms with van der Waals surface area (Å²) < 4.78 is 7.94. The zero-order valence-electron chi connectivity index (χ0n) is 12.3. The minimum Gasteiger partial charge on any atom is -0.489 e. The number of benzene rings is 2. The Hall–Kier alpha value is -2.48. The van der Waals surface area contributed by atoms with Gasteiger partial charge in [0.15, 0.2) is 0 Å². The molecule has 3 aromatic rings. The minimum absolute atomic E-state index is 0.520. The molecular formula is C19H19NO. The summed E-state index contributed by atoms with van der Waals surface area (Å²) in [5, 5.41) is 2.52. The van der Waals surface area contributed by atoms with E-state index in [1.165, 1.54) is 27.4 Å². The molecule has 0 saturated heterocycles. The first-order valence-electron chi connectivity index (χ1n) is 7.12. The van der Waals surface area contributed by atoms with Gasteiger partial charge in [0.25, 0.3) is 0 Å². The van der Waals surface area contributed by atoms with Crippen molar-refractivity contribution in [1.82, 2.24) is 4.57 Å². The molecule has 0 aliphatic carbocycles. The predicted octanol–water partition coefficient (Wildman–Crippen LogP) is 4.85. The molecule has 0 spiro atoms. The zero-order chi connectivity index (χ0) is 14.8. The van der Waals surface area contributed by atoms with Crippen molar-refractivity contribution in [2.24, 2.45) is 0 Å². The van der Waals surface area contributed by atoms with Gasteiger partial charge in [-0.25, -0.2) is 0 Å². The Kier molecular flexibility index (Phi) is 3.53. The van der Waals surface area contributed by atoms with Crippen molar-refractivity contribution < 1.29 is 4.74 Å². The summed E-state index contributed by atoms with van der Waals surface area (Å²) in [5.74, 6) is 0.868. The van der Waals surface area contributed by atoms with E-state index in [0.29, 0.717) is 6.61 Å². The number of allylic oxidation sites excluding steroid dienone is 1. The van der Waals surface area contributed by atoms with Gasteiger partial charge in [0.2, 0.25) is 0 Å². The molecule has 2 nitrogen and oxygen atoms in total. The van der Waals surface area contributed by atoms with Crippen LogP contribution in [0, 0.1) is 6.92 Å². The average molecular weight is 277 g/mol. The third-order valence-electron chi connectivity index (χ3n) is 3.67. The van der Waals surface area contributed by atoms with E-state index in [2.05, 4.69) is 55.0 Å². The van der Waals surface area contributed by atoms with Crippen LogP contribution in [-0.4, -0.2) is 11.2 Å². The van der Waals surface area contributed by atoms with Crippen molar-refractivity contribution in [3.8, 4) is 5.75 Å². The monoisotopic (exact) mass is 277 g/mol. The van der Waals surface area contributed by atoms with E-state index < -0.39 is 0 Å². The first kappa shape index (κ1) is 13.5. The zero-order valence-corrected chi connectivity index (χ0v) is 12.3. The molecule has 2 heteroatoms. The lowest BCUT2D eigenvalue weighted by atomic mass is 10.1. The molecule has 3 rings (SSSR count). The number of aromatic nitrogens is 1. The van der Waals surface area contributed by atoms with Gasteiger partial charge < -0.3 is 9.30 Å². The van der Waals surface area contributed by atoms with Crippen molar-refractivity contribution in [3.05, 3.63) is 67.3 Å². The maximum absolute atomic E-state index is 5.66. The second-order valence-electron chi connectivity index (χ2n) is 5.20. The van der Waals surface area contributed by atoms with Crippen LogP contribution in [0.25, 0.3) is 21.8 Å². The van der Waals surface area contributed by atoms with Crippen LogP contribution in [0.5, 0.6) is 5.75 Å². The summed E-state index contributed by atoms with van der Waals surface area (Å²) in [5.41, 5.74) is 3.68. The molecule has 0 atom stereocenters. The van der Waals surface area contributed by atoms with Crippen LogP contribution in [0.2, 0.25) is 0 Å². The van der Waals surface area contributed by atoms with Gasteiger partial charge in [0.1, 0.15) is 12.4 Å². The number of aryl methyl sites for hydroxylation is 1. The predicted molar refractivity (Wildman–Crippen MR) is 90.1 cm³/mol. The molecule has 0 aliphatic rings. The lowest BCUT2D eigenvalue weighted by Crippen LogP contribution is -1.96. The maximum Gasteiger partial charge on any atom is 0.121 e. The Morgan fingerprint density at radius 3 is 2.43 bits per heavy atom. The number of fused-ring (bicyclic) bond motifs is 3. The average Bonchev–Trinajstić information content (AvgIpc) is 2.79. The van der Waals surface area contributed by atoms with Crippen molar-refractivity contribution in [1.29, 1.82) is 0 Å². The Bertz CT molecular complexity index is 826. The van der Waals surface area contributed by atoms with Gasteiger partial charge in [-0.05, 0) is 30.7 Å². The fourth-order valence-electron chi connectivity index (χ4n) is 2.76. The van der Waals surface area contributed by atoms with Crippen LogP contribution < -0.4 is 4.74 Å². The SMILES string of the molecule is C=CCOc1ccc2c3ccc(C)cc3n(CC=C)c2c1. The van der Waals surface area contributed by atoms with Crippen molar-refractivity contribution in [3.63, 3.8) is 0 Å². The Morgan fingerprint density at radius 1 is 1.00 bits per heavy atom. The van der Waals surface area contributed by atoms with Crippen LogP contribution >= 0.6 is 0 Å². The van der Waals surface area contributed by atoms with Gasteiger partial charge in [-0.2, -0.15) is 0 Å². The highest BCUT2D eigenvalue weighted by Gasteiger charge is 2.10. The lowest BCUT2D eigenvalue weighted by Gasteiger charge is -2.06. The molecule has 2 aromatic carbocycles. The van der Waals surface area contributed by atoms with Crippen molar-refractivity contribution in [2.75, 3.05) is 6.61 Å². The fraction of sp³-hybridized carbons (Fsp3) is 0.158. The minimum atomic E-state index is 0.520. The second kappa shape index (κ2) is 5.49. The summed E-state index contributed by atoms with van der Waals surface area (Å²) in [6.07, 6.45) is 3.69. The molecule has 0 fully saturated rings. The van der Waals surface area contributed by atoms with E-state index in [-0.39, 0.29) is 0 Å². The Balaban J connectivity index is 2.28. The van der Waals surface area contributed by atoms with Crippen LogP contribution in [0.1, 0.15) is 5.56 Å². The van der Waals surface area contributed by atoms with Crippen LogP contribution in [-0.2, 0) is 6.54 Å². The molecule has 0 aliphatic heterocycles. The van der Waals surface area contributed by atoms with E-state index in [0.717, 1.165) is 12.3 Å². The number of ether oxygens (including phenoxy) is 1. The second-order valence-corrected chi connectivity index (χ2v) is 5.20. The molecule has 0 amide bonds. The summed E-state index contributed by atoms with van der Waals surface area (Å²) in [4.78, 5) is 0. The van der Waals surface area contributed by atoms with Crippen LogP contribution in [0.4, 0.5) is 0 Å². The largest absolute Gasteiger partial charge is 0.489 e. The molecule has 106 valence electrons. The molecule has 0 unspecified atom stereocenters. The molecule has 0 saturated carbocycles. The third-order valence-corrected chi connectivity index (χ3v) is 3.67. The van der Waals surface area contributed by atoms with Gasteiger partial charge >= 0.3 is 0 Å². The van der Waals surface area contributed by atoms with E-state index in [9.17, 15) is 0 Å². The molecule has 1 heterocycles. The van der Waals surface area contributed by atoms with Gasteiger partial charge in [0, 0.05) is 28.9 Å². The van der Waals surface area contributed by atoms with E-state index in [4.69, 9.17) is 4.74 Å². The van der Waals surface area contributed by atoms with Crippen LogP contribution in [0.3, 0.4) is 0 Å². The summed E-state index contributed by atoms with van der Waals surface area (Å²) >= 11 is 0. The molecule has 1 aromatic heterocycles. The maximum atomic E-state index is 5.66. The summed E-state index contributed by atoms with van der Waals surface area (Å²) in [6, 6.07) is 12.8. The highest BCUT2D eigenvalue weighted by molar-refractivity contribution is 6.08. The van der Waals surface area contributed by atoms with Gasteiger partial charge in [-0.3, -0.25) is 0 Å². The number of hydrogen-bond acceptors (Lipinski definition) is 1. The molecule has 0 N–H and O–H groups in total. The number of hydrogen-bond donors (Lipinski definition) is 0. The topological polar surface area (TPSA) is 14.2 Å². The fourth-order valence-corrected chi connectivity index (χ4v) is 2.76. The first-order chi connectivity index (χ1) is 10.2. The number of nitrogens with zero attached hydrogens (tertiary/aromatic N) is 1. The van der Waals surface area contributed by atoms with Crippen LogP contribution in [0.15, 0.2) is 61.7 Å². The highest BCUT2D eigenvalue weighted by Crippen LogP contribution is 2.32. The molecular weight excluding hydrogens is 258 g/mol. The lowest BCUT2D eigenvalue weighted by molar-refractivity contribution is 0.363. The van der Waals surface area contributed by atoms with Gasteiger partial charge in [-0.15, -0.1) is 6.58 Å².